The van der Waals surface area contributed by atoms with E-state index in [4.69, 9.17) is 19.6 Å². The van der Waals surface area contributed by atoms with Gasteiger partial charge in [-0.1, -0.05) is 18.2 Å². The molecule has 1 amide bonds. The van der Waals surface area contributed by atoms with Crippen molar-refractivity contribution in [2.75, 3.05) is 13.0 Å². The highest BCUT2D eigenvalue weighted by molar-refractivity contribution is 8.16. The highest BCUT2D eigenvalue weighted by atomic mass is 32.2. The molecule has 0 aliphatic carbocycles. The van der Waals surface area contributed by atoms with Crippen molar-refractivity contribution in [2.24, 2.45) is 9.39 Å². The molecule has 0 fully saturated rings. The number of sulfone groups is 1. The summed E-state index contributed by atoms with van der Waals surface area (Å²) >= 11 is 0.754. The largest absolute Gasteiger partial charge is 0.489 e. The van der Waals surface area contributed by atoms with Crippen molar-refractivity contribution in [1.82, 2.24) is 4.90 Å². The molecule has 3 heterocycles. The summed E-state index contributed by atoms with van der Waals surface area (Å²) in [5.74, 6) is 1.08. The molecule has 2 aromatic rings. The maximum absolute atomic E-state index is 12.4. The molecular formula is C21H16N4O6S2. The number of ether oxygens (including phenoxy) is 3. The Kier molecular flexibility index (Phi) is 5.17. The van der Waals surface area contributed by atoms with E-state index in [2.05, 4.69) is 9.39 Å². The Hall–Kier alpha value is -3.64. The highest BCUT2D eigenvalue weighted by Gasteiger charge is 2.41. The number of rotatable bonds is 4. The van der Waals surface area contributed by atoms with Crippen LogP contribution in [0.15, 0.2) is 57.4 Å². The summed E-state index contributed by atoms with van der Waals surface area (Å²) in [6.45, 7) is 0.542. The van der Waals surface area contributed by atoms with Crippen LogP contribution >= 0.6 is 11.9 Å². The smallest absolute Gasteiger partial charge is 0.283 e. The summed E-state index contributed by atoms with van der Waals surface area (Å²) < 4.78 is 44.2. The van der Waals surface area contributed by atoms with Crippen LogP contribution in [0.4, 0.5) is 0 Å². The van der Waals surface area contributed by atoms with E-state index in [0.29, 0.717) is 29.4 Å². The number of carbonyl (C=O) groups excluding carboxylic acids is 1. The van der Waals surface area contributed by atoms with Crippen LogP contribution in [-0.4, -0.2) is 48.4 Å². The third-order valence-corrected chi connectivity index (χ3v) is 6.61. The van der Waals surface area contributed by atoms with E-state index in [1.807, 2.05) is 18.2 Å². The monoisotopic (exact) mass is 484 g/mol. The van der Waals surface area contributed by atoms with E-state index in [-0.39, 0.29) is 28.5 Å². The van der Waals surface area contributed by atoms with Crippen LogP contribution in [0, 0.1) is 5.41 Å². The normalized spacial score (nSPS) is 18.3. The number of nitrogens with zero attached hydrogens (tertiary/aromatic N) is 3. The molecule has 5 rings (SSSR count). The summed E-state index contributed by atoms with van der Waals surface area (Å²) in [5.41, 5.74) is 1.51. The van der Waals surface area contributed by atoms with E-state index in [9.17, 15) is 13.2 Å². The second-order valence-corrected chi connectivity index (χ2v) is 9.86. The minimum Gasteiger partial charge on any atom is -0.489 e. The molecule has 10 nitrogen and oxygen atoms in total. The fourth-order valence-electron chi connectivity index (χ4n) is 3.26. The summed E-state index contributed by atoms with van der Waals surface area (Å²) in [5, 5.41) is 8.11. The quantitative estimate of drug-likeness (QED) is 0.518. The molecule has 0 saturated carbocycles. The van der Waals surface area contributed by atoms with Crippen molar-refractivity contribution >= 4 is 49.9 Å². The first-order valence-electron chi connectivity index (χ1n) is 9.60. The molecule has 2 aromatic carbocycles. The lowest BCUT2D eigenvalue weighted by molar-refractivity contribution is -0.114. The van der Waals surface area contributed by atoms with Crippen molar-refractivity contribution < 1.29 is 27.4 Å². The fraction of sp³-hybridized carbons (Fsp3) is 0.143. The maximum atomic E-state index is 12.4. The van der Waals surface area contributed by atoms with Gasteiger partial charge >= 0.3 is 0 Å². The first-order chi connectivity index (χ1) is 15.8. The van der Waals surface area contributed by atoms with Gasteiger partial charge in [-0.3, -0.25) is 10.2 Å². The average Bonchev–Trinajstić information content (AvgIpc) is 3.42. The molecule has 3 aliphatic heterocycles. The van der Waals surface area contributed by atoms with Gasteiger partial charge in [-0.25, -0.2) is 13.3 Å². The van der Waals surface area contributed by atoms with Crippen molar-refractivity contribution in [3.8, 4) is 17.2 Å². The lowest BCUT2D eigenvalue weighted by Crippen LogP contribution is -2.45. The van der Waals surface area contributed by atoms with Gasteiger partial charge in [0.25, 0.3) is 5.91 Å². The van der Waals surface area contributed by atoms with E-state index >= 15 is 0 Å². The summed E-state index contributed by atoms with van der Waals surface area (Å²) in [7, 11) is -3.69. The number of amidine groups is 3. The lowest BCUT2D eigenvalue weighted by Gasteiger charge is -2.23. The molecule has 0 saturated heterocycles. The zero-order valence-electron chi connectivity index (χ0n) is 17.1. The molecular weight excluding hydrogens is 468 g/mol. The summed E-state index contributed by atoms with van der Waals surface area (Å²) in [6, 6.07) is 12.5. The Morgan fingerprint density at radius 3 is 2.70 bits per heavy atom. The van der Waals surface area contributed by atoms with E-state index in [1.54, 1.807) is 24.3 Å². The van der Waals surface area contributed by atoms with Crippen LogP contribution in [0.2, 0.25) is 0 Å². The molecule has 168 valence electrons. The van der Waals surface area contributed by atoms with Crippen molar-refractivity contribution in [3.05, 3.63) is 59.2 Å². The summed E-state index contributed by atoms with van der Waals surface area (Å²) in [6.07, 6.45) is 2.47. The van der Waals surface area contributed by atoms with Gasteiger partial charge in [-0.2, -0.15) is 9.39 Å². The van der Waals surface area contributed by atoms with Gasteiger partial charge in [-0.05, 0) is 41.5 Å². The molecule has 3 aliphatic rings. The first-order valence-corrected chi connectivity index (χ1v) is 12.3. The molecule has 0 bridgehead atoms. The van der Waals surface area contributed by atoms with Crippen LogP contribution in [0.5, 0.6) is 17.2 Å². The van der Waals surface area contributed by atoms with Crippen molar-refractivity contribution in [2.45, 2.75) is 6.61 Å². The van der Waals surface area contributed by atoms with Crippen LogP contribution in [0.25, 0.3) is 6.08 Å². The van der Waals surface area contributed by atoms with Gasteiger partial charge in [0.05, 0.1) is 17.5 Å². The third kappa shape index (κ3) is 4.10. The number of hydrogen-bond acceptors (Lipinski definition) is 9. The van der Waals surface area contributed by atoms with E-state index in [1.165, 1.54) is 6.08 Å². The standard InChI is InChI=1S/C21H16N4O6S2/c1-33(27,28)21-24-32-20-23-19(26)15(18(22)25(20)21)8-12-2-5-14(6-3-12)29-10-13-4-7-16-17(9-13)31-11-30-16/h2-9,22H,10-11H2,1H3/b15-8-,22-18?. The molecule has 0 unspecified atom stereocenters. The van der Waals surface area contributed by atoms with Gasteiger partial charge in [0.2, 0.25) is 27.0 Å². The fourth-order valence-corrected chi connectivity index (χ4v) is 5.11. The van der Waals surface area contributed by atoms with Crippen LogP contribution < -0.4 is 14.2 Å². The number of amides is 1. The predicted octanol–water partition coefficient (Wildman–Crippen LogP) is 2.62. The highest BCUT2D eigenvalue weighted by Crippen LogP contribution is 2.33. The summed E-state index contributed by atoms with van der Waals surface area (Å²) in [4.78, 5) is 17.4. The minimum absolute atomic E-state index is 0.0355. The average molecular weight is 485 g/mol. The Morgan fingerprint density at radius 2 is 1.94 bits per heavy atom. The Bertz CT molecular complexity index is 1380. The molecule has 0 atom stereocenters. The topological polar surface area (TPSA) is 131 Å². The maximum Gasteiger partial charge on any atom is 0.283 e. The van der Waals surface area contributed by atoms with Crippen molar-refractivity contribution in [3.63, 3.8) is 0 Å². The van der Waals surface area contributed by atoms with Gasteiger partial charge < -0.3 is 14.2 Å². The number of hydrogen-bond donors (Lipinski definition) is 1. The number of nitrogens with one attached hydrogen (secondary N) is 1. The van der Waals surface area contributed by atoms with E-state index < -0.39 is 15.7 Å². The van der Waals surface area contributed by atoms with Gasteiger partial charge in [-0.15, -0.1) is 0 Å². The zero-order valence-corrected chi connectivity index (χ0v) is 18.8. The van der Waals surface area contributed by atoms with Crippen molar-refractivity contribution in [1.29, 1.82) is 5.41 Å². The van der Waals surface area contributed by atoms with Crippen LogP contribution in [0.3, 0.4) is 0 Å². The molecule has 0 aromatic heterocycles. The molecule has 12 heteroatoms. The molecule has 0 spiro atoms. The zero-order chi connectivity index (χ0) is 23.2. The Balaban J connectivity index is 1.31. The predicted molar refractivity (Wildman–Crippen MR) is 123 cm³/mol. The number of aliphatic imine (C=N–C) groups is 1. The Morgan fingerprint density at radius 1 is 1.18 bits per heavy atom. The minimum atomic E-state index is -3.69. The van der Waals surface area contributed by atoms with Gasteiger partial charge in [0.15, 0.2) is 11.5 Å². The second-order valence-electron chi connectivity index (χ2n) is 7.22. The molecule has 33 heavy (non-hydrogen) atoms. The Labute approximate surface area is 193 Å². The molecule has 1 N–H and O–H groups in total. The van der Waals surface area contributed by atoms with E-state index in [0.717, 1.165) is 28.7 Å². The number of benzene rings is 2. The second kappa shape index (κ2) is 8.05. The molecule has 0 radical (unpaired) electrons. The third-order valence-electron chi connectivity index (χ3n) is 4.86. The number of fused-ring (bicyclic) bond motifs is 2. The van der Waals surface area contributed by atoms with Gasteiger partial charge in [0.1, 0.15) is 18.2 Å². The lowest BCUT2D eigenvalue weighted by atomic mass is 10.1. The van der Waals surface area contributed by atoms with Gasteiger partial charge in [0, 0.05) is 6.26 Å². The van der Waals surface area contributed by atoms with Crippen LogP contribution in [-0.2, 0) is 21.2 Å². The van der Waals surface area contributed by atoms with Crippen LogP contribution in [0.1, 0.15) is 11.1 Å². The first kappa shape index (κ1) is 21.2. The SMILES string of the molecule is CS(=O)(=O)C1=NSC2=NC(=O)/C(=C\c3ccc(OCc4ccc5c(c4)OCO5)cc3)C(=N)N21. The number of carbonyl (C=O) groups is 1.